The van der Waals surface area contributed by atoms with Gasteiger partial charge < -0.3 is 5.73 Å². The minimum absolute atomic E-state index is 0.305. The van der Waals surface area contributed by atoms with Gasteiger partial charge in [-0.05, 0) is 18.6 Å². The molecule has 0 aromatic heterocycles. The Morgan fingerprint density at radius 3 is 2.75 bits per heavy atom. The molecule has 0 amide bonds. The van der Waals surface area contributed by atoms with E-state index in [2.05, 4.69) is 42.3 Å². The molecule has 0 bridgehead atoms. The zero-order valence-corrected chi connectivity index (χ0v) is 12.1. The van der Waals surface area contributed by atoms with Crippen molar-refractivity contribution in [2.75, 3.05) is 31.1 Å². The molecule has 3 atom stereocenters. The normalized spacial score (nSPS) is 41.4. The Labute approximate surface area is 108 Å². The van der Waals surface area contributed by atoms with Crippen molar-refractivity contribution >= 4 is 23.5 Å². The van der Waals surface area contributed by atoms with E-state index in [-0.39, 0.29) is 0 Å². The lowest BCUT2D eigenvalue weighted by Crippen LogP contribution is -2.60. The molecule has 2 aliphatic rings. The van der Waals surface area contributed by atoms with E-state index in [0.29, 0.717) is 10.8 Å². The Morgan fingerprint density at radius 2 is 2.19 bits per heavy atom. The van der Waals surface area contributed by atoms with Crippen molar-refractivity contribution in [1.29, 1.82) is 0 Å². The maximum Gasteiger partial charge on any atom is 0.0455 e. The van der Waals surface area contributed by atoms with Gasteiger partial charge in [-0.1, -0.05) is 13.8 Å². The number of hydrogen-bond donors (Lipinski definition) is 1. The third kappa shape index (κ3) is 2.26. The lowest BCUT2D eigenvalue weighted by atomic mass is 9.90. The van der Waals surface area contributed by atoms with Crippen LogP contribution in [-0.2, 0) is 0 Å². The fraction of sp³-hybridized carbons (Fsp3) is 1.00. The van der Waals surface area contributed by atoms with Crippen LogP contribution in [0.2, 0.25) is 0 Å². The molecule has 0 aliphatic carbocycles. The van der Waals surface area contributed by atoms with Crippen molar-refractivity contribution in [3.63, 3.8) is 0 Å². The summed E-state index contributed by atoms with van der Waals surface area (Å²) >= 11 is 4.25. The molecule has 94 valence electrons. The second-order valence-corrected chi connectivity index (χ2v) is 7.77. The summed E-state index contributed by atoms with van der Waals surface area (Å²) in [7, 11) is 0. The zero-order chi connectivity index (χ0) is 11.6. The van der Waals surface area contributed by atoms with Crippen molar-refractivity contribution in [3.8, 4) is 0 Å². The summed E-state index contributed by atoms with van der Waals surface area (Å²) in [6.45, 7) is 8.01. The second-order valence-electron chi connectivity index (χ2n) is 4.92. The molecule has 3 unspecified atom stereocenters. The SMILES string of the molecule is CCC1CN(C2(CN)CCSC2C)CCS1. The maximum absolute atomic E-state index is 6.12. The minimum Gasteiger partial charge on any atom is -0.329 e. The van der Waals surface area contributed by atoms with Gasteiger partial charge in [0.25, 0.3) is 0 Å². The Hall–Kier alpha value is 0.620. The number of nitrogens with zero attached hydrogens (tertiary/aromatic N) is 1. The van der Waals surface area contributed by atoms with Crippen LogP contribution in [0, 0.1) is 0 Å². The van der Waals surface area contributed by atoms with E-state index >= 15 is 0 Å². The molecule has 2 heterocycles. The van der Waals surface area contributed by atoms with Gasteiger partial charge in [-0.2, -0.15) is 23.5 Å². The third-order valence-corrected chi connectivity index (χ3v) is 6.99. The van der Waals surface area contributed by atoms with Crippen LogP contribution in [0.5, 0.6) is 0 Å². The van der Waals surface area contributed by atoms with Crippen LogP contribution in [0.15, 0.2) is 0 Å². The van der Waals surface area contributed by atoms with E-state index in [1.54, 1.807) is 0 Å². The highest BCUT2D eigenvalue weighted by atomic mass is 32.2. The predicted octanol–water partition coefficient (Wildman–Crippen LogP) is 2.04. The molecule has 4 heteroatoms. The molecule has 0 aromatic carbocycles. The summed E-state index contributed by atoms with van der Waals surface area (Å²) in [6, 6.07) is 0. The Morgan fingerprint density at radius 1 is 1.38 bits per heavy atom. The monoisotopic (exact) mass is 260 g/mol. The summed E-state index contributed by atoms with van der Waals surface area (Å²) in [5, 5.41) is 1.54. The summed E-state index contributed by atoms with van der Waals surface area (Å²) in [6.07, 6.45) is 2.58. The average molecular weight is 260 g/mol. The van der Waals surface area contributed by atoms with Gasteiger partial charge in [0, 0.05) is 41.4 Å². The molecule has 2 N–H and O–H groups in total. The van der Waals surface area contributed by atoms with Crippen LogP contribution in [0.1, 0.15) is 26.7 Å². The molecule has 0 spiro atoms. The van der Waals surface area contributed by atoms with Crippen molar-refractivity contribution in [1.82, 2.24) is 4.90 Å². The van der Waals surface area contributed by atoms with Crippen molar-refractivity contribution in [2.45, 2.75) is 42.7 Å². The molecular weight excluding hydrogens is 236 g/mol. The molecule has 0 saturated carbocycles. The summed E-state index contributed by atoms with van der Waals surface area (Å²) in [4.78, 5) is 2.71. The lowest BCUT2D eigenvalue weighted by molar-refractivity contribution is 0.101. The summed E-state index contributed by atoms with van der Waals surface area (Å²) < 4.78 is 0. The van der Waals surface area contributed by atoms with Crippen LogP contribution in [-0.4, -0.2) is 52.1 Å². The molecule has 2 fully saturated rings. The topological polar surface area (TPSA) is 29.3 Å². The van der Waals surface area contributed by atoms with Gasteiger partial charge in [0.05, 0.1) is 0 Å². The van der Waals surface area contributed by atoms with E-state index in [9.17, 15) is 0 Å². The van der Waals surface area contributed by atoms with E-state index in [1.807, 2.05) is 0 Å². The molecule has 2 aliphatic heterocycles. The number of nitrogens with two attached hydrogens (primary N) is 1. The van der Waals surface area contributed by atoms with Gasteiger partial charge in [-0.25, -0.2) is 0 Å². The van der Waals surface area contributed by atoms with Gasteiger partial charge in [0.2, 0.25) is 0 Å². The van der Waals surface area contributed by atoms with Crippen molar-refractivity contribution < 1.29 is 0 Å². The highest BCUT2D eigenvalue weighted by Crippen LogP contribution is 2.41. The van der Waals surface area contributed by atoms with Crippen LogP contribution in [0.4, 0.5) is 0 Å². The first-order valence-electron chi connectivity index (χ1n) is 6.41. The van der Waals surface area contributed by atoms with E-state index in [1.165, 1.54) is 37.4 Å². The molecule has 0 aromatic rings. The van der Waals surface area contributed by atoms with Gasteiger partial charge in [0.1, 0.15) is 0 Å². The third-order valence-electron chi connectivity index (χ3n) is 4.24. The molecular formula is C12H24N2S2. The average Bonchev–Trinajstić information content (AvgIpc) is 2.71. The first-order valence-corrected chi connectivity index (χ1v) is 8.51. The maximum atomic E-state index is 6.12. The van der Waals surface area contributed by atoms with Crippen LogP contribution in [0.25, 0.3) is 0 Å². The molecule has 2 rings (SSSR count). The zero-order valence-electron chi connectivity index (χ0n) is 10.4. The molecule has 0 radical (unpaired) electrons. The Kier molecular flexibility index (Phi) is 4.50. The lowest BCUT2D eigenvalue weighted by Gasteiger charge is -2.47. The highest BCUT2D eigenvalue weighted by Gasteiger charge is 2.45. The number of rotatable bonds is 3. The van der Waals surface area contributed by atoms with Gasteiger partial charge in [-0.3, -0.25) is 4.90 Å². The Balaban J connectivity index is 2.08. The van der Waals surface area contributed by atoms with Gasteiger partial charge >= 0.3 is 0 Å². The second kappa shape index (κ2) is 5.51. The summed E-state index contributed by atoms with van der Waals surface area (Å²) in [5.41, 5.74) is 6.42. The fourth-order valence-electron chi connectivity index (χ4n) is 2.95. The quantitative estimate of drug-likeness (QED) is 0.841. The van der Waals surface area contributed by atoms with Gasteiger partial charge in [0.15, 0.2) is 0 Å². The molecule has 2 saturated heterocycles. The molecule has 2 nitrogen and oxygen atoms in total. The summed E-state index contributed by atoms with van der Waals surface area (Å²) in [5.74, 6) is 2.58. The van der Waals surface area contributed by atoms with Gasteiger partial charge in [-0.15, -0.1) is 0 Å². The molecule has 16 heavy (non-hydrogen) atoms. The Bertz CT molecular complexity index is 237. The number of hydrogen-bond acceptors (Lipinski definition) is 4. The van der Waals surface area contributed by atoms with Crippen LogP contribution < -0.4 is 5.73 Å². The largest absolute Gasteiger partial charge is 0.329 e. The number of thioether (sulfide) groups is 2. The van der Waals surface area contributed by atoms with Crippen LogP contribution >= 0.6 is 23.5 Å². The highest BCUT2D eigenvalue weighted by molar-refractivity contribution is 8.00. The minimum atomic E-state index is 0.305. The first-order chi connectivity index (χ1) is 7.73. The fourth-order valence-corrected chi connectivity index (χ4v) is 5.63. The smallest absolute Gasteiger partial charge is 0.0455 e. The van der Waals surface area contributed by atoms with Crippen molar-refractivity contribution in [3.05, 3.63) is 0 Å². The van der Waals surface area contributed by atoms with E-state index in [0.717, 1.165) is 11.8 Å². The van der Waals surface area contributed by atoms with Crippen molar-refractivity contribution in [2.24, 2.45) is 5.73 Å². The first kappa shape index (κ1) is 13.1. The standard InChI is InChI=1S/C12H24N2S2/c1-3-11-8-14(5-7-16-11)12(9-13)4-6-15-10(12)2/h10-11H,3-9,13H2,1-2H3. The van der Waals surface area contributed by atoms with E-state index < -0.39 is 0 Å². The van der Waals surface area contributed by atoms with E-state index in [4.69, 9.17) is 5.73 Å². The van der Waals surface area contributed by atoms with Crippen LogP contribution in [0.3, 0.4) is 0 Å². The predicted molar refractivity (Wildman–Crippen MR) is 76.4 cm³/mol.